The molecule has 4 heteroatoms. The minimum atomic E-state index is -0.581. The van der Waals surface area contributed by atoms with Crippen LogP contribution >= 0.6 is 0 Å². The van der Waals surface area contributed by atoms with Gasteiger partial charge in [-0.3, -0.25) is 4.79 Å². The summed E-state index contributed by atoms with van der Waals surface area (Å²) in [6.07, 6.45) is 9.00. The maximum atomic E-state index is 12.1. The Morgan fingerprint density at radius 2 is 1.87 bits per heavy atom. The number of hydrogen-bond acceptors (Lipinski definition) is 3. The van der Waals surface area contributed by atoms with Gasteiger partial charge in [0.25, 0.3) is 0 Å². The molecular formula is C19H30N2O2. The molecule has 4 nitrogen and oxygen atoms in total. The van der Waals surface area contributed by atoms with Crippen LogP contribution in [0.15, 0.2) is 24.3 Å². The second kappa shape index (κ2) is 9.68. The smallest absolute Gasteiger partial charge is 0.244 e. The predicted octanol–water partition coefficient (Wildman–Crippen LogP) is 3.25. The Balaban J connectivity index is 1.70. The predicted molar refractivity (Wildman–Crippen MR) is 94.6 cm³/mol. The van der Waals surface area contributed by atoms with E-state index in [9.17, 15) is 9.90 Å². The van der Waals surface area contributed by atoms with Crippen LogP contribution in [-0.4, -0.2) is 29.7 Å². The van der Waals surface area contributed by atoms with E-state index in [1.54, 1.807) is 0 Å². The molecule has 1 aromatic rings. The number of anilines is 1. The summed E-state index contributed by atoms with van der Waals surface area (Å²) >= 11 is 0. The summed E-state index contributed by atoms with van der Waals surface area (Å²) in [4.78, 5) is 12.1. The van der Waals surface area contributed by atoms with E-state index in [4.69, 9.17) is 0 Å². The van der Waals surface area contributed by atoms with Gasteiger partial charge in [-0.25, -0.2) is 0 Å². The summed E-state index contributed by atoms with van der Waals surface area (Å²) in [5.41, 5.74) is 2.11. The molecule has 2 atom stereocenters. The van der Waals surface area contributed by atoms with Gasteiger partial charge in [-0.1, -0.05) is 51.2 Å². The van der Waals surface area contributed by atoms with E-state index in [1.807, 2.05) is 12.1 Å². The Kier molecular flexibility index (Phi) is 7.56. The van der Waals surface area contributed by atoms with Crippen LogP contribution in [0.2, 0.25) is 0 Å². The van der Waals surface area contributed by atoms with Crippen molar-refractivity contribution in [3.8, 4) is 0 Å². The van der Waals surface area contributed by atoms with Crippen LogP contribution in [0.1, 0.15) is 57.4 Å². The number of hydrogen-bond donors (Lipinski definition) is 3. The van der Waals surface area contributed by atoms with E-state index in [1.165, 1.54) is 44.1 Å². The largest absolute Gasteiger partial charge is 0.391 e. The molecule has 1 aliphatic heterocycles. The molecule has 2 rings (SSSR count). The van der Waals surface area contributed by atoms with E-state index in [-0.39, 0.29) is 5.91 Å². The second-order valence-electron chi connectivity index (χ2n) is 6.49. The van der Waals surface area contributed by atoms with Crippen molar-refractivity contribution in [2.45, 2.75) is 70.4 Å². The highest BCUT2D eigenvalue weighted by Crippen LogP contribution is 2.15. The molecular weight excluding hydrogens is 288 g/mol. The van der Waals surface area contributed by atoms with Gasteiger partial charge in [-0.05, 0) is 43.5 Å². The molecule has 0 saturated carbocycles. The van der Waals surface area contributed by atoms with Crippen molar-refractivity contribution in [1.82, 2.24) is 5.32 Å². The molecule has 1 aromatic carbocycles. The fourth-order valence-corrected chi connectivity index (χ4v) is 3.04. The summed E-state index contributed by atoms with van der Waals surface area (Å²) in [5.74, 6) is -0.154. The SMILES string of the molecule is CCCCCCCCc1ccc(NC(=O)C2NCC[C@@H]2O)cc1. The van der Waals surface area contributed by atoms with Crippen molar-refractivity contribution in [2.24, 2.45) is 0 Å². The van der Waals surface area contributed by atoms with Gasteiger partial charge in [0.15, 0.2) is 0 Å². The maximum Gasteiger partial charge on any atom is 0.244 e. The number of benzene rings is 1. The first kappa shape index (κ1) is 18.0. The zero-order chi connectivity index (χ0) is 16.5. The summed E-state index contributed by atoms with van der Waals surface area (Å²) < 4.78 is 0. The first-order valence-corrected chi connectivity index (χ1v) is 9.02. The average Bonchev–Trinajstić information content (AvgIpc) is 2.98. The van der Waals surface area contributed by atoms with E-state index >= 15 is 0 Å². The first-order chi connectivity index (χ1) is 11.2. The highest BCUT2D eigenvalue weighted by atomic mass is 16.3. The van der Waals surface area contributed by atoms with Crippen LogP contribution in [-0.2, 0) is 11.2 Å². The van der Waals surface area contributed by atoms with Crippen molar-refractivity contribution in [2.75, 3.05) is 11.9 Å². The van der Waals surface area contributed by atoms with Gasteiger partial charge < -0.3 is 15.7 Å². The van der Waals surface area contributed by atoms with Gasteiger partial charge in [0, 0.05) is 5.69 Å². The van der Waals surface area contributed by atoms with Crippen LogP contribution in [0.25, 0.3) is 0 Å². The van der Waals surface area contributed by atoms with E-state index in [0.29, 0.717) is 13.0 Å². The number of nitrogens with one attached hydrogen (secondary N) is 2. The molecule has 3 N–H and O–H groups in total. The monoisotopic (exact) mass is 318 g/mol. The molecule has 1 aliphatic rings. The Labute approximate surface area is 139 Å². The van der Waals surface area contributed by atoms with Crippen molar-refractivity contribution in [1.29, 1.82) is 0 Å². The molecule has 23 heavy (non-hydrogen) atoms. The van der Waals surface area contributed by atoms with E-state index < -0.39 is 12.1 Å². The summed E-state index contributed by atoms with van der Waals surface area (Å²) in [7, 11) is 0. The lowest BCUT2D eigenvalue weighted by molar-refractivity contribution is -0.119. The molecule has 1 heterocycles. The number of amides is 1. The topological polar surface area (TPSA) is 61.4 Å². The Morgan fingerprint density at radius 1 is 1.17 bits per heavy atom. The molecule has 0 radical (unpaired) electrons. The van der Waals surface area contributed by atoms with Gasteiger partial charge in [0.05, 0.1) is 6.10 Å². The van der Waals surface area contributed by atoms with Crippen molar-refractivity contribution in [3.05, 3.63) is 29.8 Å². The van der Waals surface area contributed by atoms with Gasteiger partial charge in [-0.2, -0.15) is 0 Å². The zero-order valence-electron chi connectivity index (χ0n) is 14.2. The number of aryl methyl sites for hydroxylation is 1. The zero-order valence-corrected chi connectivity index (χ0v) is 14.2. The third kappa shape index (κ3) is 5.96. The highest BCUT2D eigenvalue weighted by Gasteiger charge is 2.30. The third-order valence-corrected chi connectivity index (χ3v) is 4.51. The number of aliphatic hydroxyl groups excluding tert-OH is 1. The van der Waals surface area contributed by atoms with Crippen molar-refractivity contribution >= 4 is 11.6 Å². The van der Waals surface area contributed by atoms with Crippen LogP contribution in [0.3, 0.4) is 0 Å². The van der Waals surface area contributed by atoms with Gasteiger partial charge >= 0.3 is 0 Å². The molecule has 1 fully saturated rings. The summed E-state index contributed by atoms with van der Waals surface area (Å²) in [6.45, 7) is 2.93. The van der Waals surface area contributed by atoms with Crippen LogP contribution < -0.4 is 10.6 Å². The second-order valence-corrected chi connectivity index (χ2v) is 6.49. The Morgan fingerprint density at radius 3 is 2.52 bits per heavy atom. The molecule has 1 saturated heterocycles. The van der Waals surface area contributed by atoms with Gasteiger partial charge in [0.1, 0.15) is 6.04 Å². The fourth-order valence-electron chi connectivity index (χ4n) is 3.04. The standard InChI is InChI=1S/C19H30N2O2/c1-2-3-4-5-6-7-8-15-9-11-16(12-10-15)21-19(23)18-17(22)13-14-20-18/h9-12,17-18,20,22H,2-8,13-14H2,1H3,(H,21,23)/t17-,18?/m0/s1. The molecule has 0 aromatic heterocycles. The van der Waals surface area contributed by atoms with Crippen LogP contribution in [0.4, 0.5) is 5.69 Å². The lowest BCUT2D eigenvalue weighted by Crippen LogP contribution is -2.42. The lowest BCUT2D eigenvalue weighted by Gasteiger charge is -2.14. The van der Waals surface area contributed by atoms with Crippen LogP contribution in [0, 0.1) is 0 Å². The molecule has 1 unspecified atom stereocenters. The van der Waals surface area contributed by atoms with E-state index in [2.05, 4.69) is 29.7 Å². The van der Waals surface area contributed by atoms with Gasteiger partial charge in [-0.15, -0.1) is 0 Å². The average molecular weight is 318 g/mol. The minimum absolute atomic E-state index is 0.154. The molecule has 128 valence electrons. The quantitative estimate of drug-likeness (QED) is 0.613. The number of rotatable bonds is 9. The van der Waals surface area contributed by atoms with Crippen molar-refractivity contribution in [3.63, 3.8) is 0 Å². The lowest BCUT2D eigenvalue weighted by atomic mass is 10.0. The van der Waals surface area contributed by atoms with Crippen molar-refractivity contribution < 1.29 is 9.90 Å². The van der Waals surface area contributed by atoms with Gasteiger partial charge in [0.2, 0.25) is 5.91 Å². The fraction of sp³-hybridized carbons (Fsp3) is 0.632. The maximum absolute atomic E-state index is 12.1. The number of unbranched alkanes of at least 4 members (excludes halogenated alkanes) is 5. The normalized spacial score (nSPS) is 20.6. The number of carbonyl (C=O) groups excluding carboxylic acids is 1. The van der Waals surface area contributed by atoms with E-state index in [0.717, 1.165) is 12.1 Å². The molecule has 0 aliphatic carbocycles. The molecule has 0 spiro atoms. The number of aliphatic hydroxyl groups is 1. The summed E-state index contributed by atoms with van der Waals surface area (Å²) in [5, 5.41) is 15.6. The highest BCUT2D eigenvalue weighted by molar-refractivity contribution is 5.95. The molecule has 1 amide bonds. The first-order valence-electron chi connectivity index (χ1n) is 9.02. The number of carbonyl (C=O) groups is 1. The molecule has 0 bridgehead atoms. The Bertz CT molecular complexity index is 473. The van der Waals surface area contributed by atoms with Crippen LogP contribution in [0.5, 0.6) is 0 Å². The Hall–Kier alpha value is -1.39. The third-order valence-electron chi connectivity index (χ3n) is 4.51. The minimum Gasteiger partial charge on any atom is -0.391 e. The summed E-state index contributed by atoms with van der Waals surface area (Å²) in [6, 6.07) is 7.58.